The monoisotopic (exact) mass is 304 g/mol. The predicted molar refractivity (Wildman–Crippen MR) is 88.8 cm³/mol. The van der Waals surface area contributed by atoms with E-state index in [1.807, 2.05) is 37.1 Å². The zero-order chi connectivity index (χ0) is 16.0. The Balaban J connectivity index is 1.91. The maximum absolute atomic E-state index is 4.49. The van der Waals surface area contributed by atoms with Gasteiger partial charge in [-0.05, 0) is 26.0 Å². The van der Waals surface area contributed by atoms with Crippen molar-refractivity contribution in [3.63, 3.8) is 0 Å². The molecule has 0 aliphatic rings. The van der Waals surface area contributed by atoms with Crippen LogP contribution in [0, 0.1) is 13.8 Å². The van der Waals surface area contributed by atoms with E-state index in [-0.39, 0.29) is 0 Å². The van der Waals surface area contributed by atoms with Crippen molar-refractivity contribution in [2.75, 3.05) is 0 Å². The summed E-state index contributed by atoms with van der Waals surface area (Å²) < 4.78 is 1.90. The van der Waals surface area contributed by atoms with E-state index in [0.717, 1.165) is 39.2 Å². The lowest BCUT2D eigenvalue weighted by molar-refractivity contribution is 0.731. The van der Waals surface area contributed by atoms with Crippen LogP contribution in [-0.2, 0) is 7.05 Å². The van der Waals surface area contributed by atoms with E-state index in [0.29, 0.717) is 5.65 Å². The minimum absolute atomic E-state index is 0.710. The molecule has 0 aromatic carbocycles. The highest BCUT2D eigenvalue weighted by Gasteiger charge is 2.14. The van der Waals surface area contributed by atoms with E-state index < -0.39 is 0 Å². The van der Waals surface area contributed by atoms with Crippen molar-refractivity contribution < 1.29 is 0 Å². The third-order valence-electron chi connectivity index (χ3n) is 4.17. The van der Waals surface area contributed by atoms with Gasteiger partial charge >= 0.3 is 0 Å². The molecule has 0 aliphatic heterocycles. The molecule has 0 unspecified atom stereocenters. The molecule has 23 heavy (non-hydrogen) atoms. The van der Waals surface area contributed by atoms with Crippen LogP contribution in [0.25, 0.3) is 33.4 Å². The van der Waals surface area contributed by atoms with E-state index in [1.54, 1.807) is 12.5 Å². The second-order valence-electron chi connectivity index (χ2n) is 5.59. The number of nitrogens with zero attached hydrogens (tertiary/aromatic N) is 5. The molecule has 4 heterocycles. The number of aromatic amines is 1. The Bertz CT molecular complexity index is 1010. The summed E-state index contributed by atoms with van der Waals surface area (Å²) in [6.45, 7) is 4.09. The topological polar surface area (TPSA) is 72.3 Å². The SMILES string of the molecule is Cc1nn(C)c(C)c1-c1cncc(-c2ccnc3nc[nH]c23)c1. The fourth-order valence-corrected chi connectivity index (χ4v) is 3.00. The van der Waals surface area contributed by atoms with Crippen LogP contribution in [0.2, 0.25) is 0 Å². The number of pyridine rings is 2. The van der Waals surface area contributed by atoms with Crippen molar-refractivity contribution in [3.05, 3.63) is 48.4 Å². The number of aromatic nitrogens is 6. The summed E-state index contributed by atoms with van der Waals surface area (Å²) in [5.41, 5.74) is 8.04. The zero-order valence-corrected chi connectivity index (χ0v) is 13.2. The molecule has 1 N–H and O–H groups in total. The van der Waals surface area contributed by atoms with Crippen LogP contribution in [0.1, 0.15) is 11.4 Å². The van der Waals surface area contributed by atoms with E-state index in [2.05, 4.69) is 38.0 Å². The van der Waals surface area contributed by atoms with Crippen molar-refractivity contribution in [1.29, 1.82) is 0 Å². The van der Waals surface area contributed by atoms with Crippen molar-refractivity contribution in [1.82, 2.24) is 29.7 Å². The van der Waals surface area contributed by atoms with Crippen molar-refractivity contribution in [3.8, 4) is 22.3 Å². The Hall–Kier alpha value is -3.02. The number of nitrogens with one attached hydrogen (secondary N) is 1. The highest BCUT2D eigenvalue weighted by Crippen LogP contribution is 2.31. The Morgan fingerprint density at radius 2 is 1.91 bits per heavy atom. The number of rotatable bonds is 2. The third-order valence-corrected chi connectivity index (χ3v) is 4.17. The Morgan fingerprint density at radius 3 is 2.70 bits per heavy atom. The van der Waals surface area contributed by atoms with Gasteiger partial charge in [-0.25, -0.2) is 9.97 Å². The molecule has 4 aromatic heterocycles. The second kappa shape index (κ2) is 5.01. The summed E-state index contributed by atoms with van der Waals surface area (Å²) >= 11 is 0. The molecule has 6 heteroatoms. The molecule has 0 saturated heterocycles. The smallest absolute Gasteiger partial charge is 0.178 e. The summed E-state index contributed by atoms with van der Waals surface area (Å²) in [6, 6.07) is 4.11. The highest BCUT2D eigenvalue weighted by atomic mass is 15.3. The summed E-state index contributed by atoms with van der Waals surface area (Å²) in [4.78, 5) is 16.1. The van der Waals surface area contributed by atoms with Crippen LogP contribution in [0.4, 0.5) is 0 Å². The molecule has 4 rings (SSSR count). The Morgan fingerprint density at radius 1 is 1.09 bits per heavy atom. The standard InChI is InChI=1S/C17H16N6/c1-10-15(11(2)23(3)22-10)13-6-12(7-18-8-13)14-4-5-19-17-16(14)20-9-21-17/h4-9H,1-3H3,(H,19,20,21). The van der Waals surface area contributed by atoms with Crippen molar-refractivity contribution >= 4 is 11.2 Å². The van der Waals surface area contributed by atoms with E-state index in [1.165, 1.54) is 0 Å². The fourth-order valence-electron chi connectivity index (χ4n) is 3.00. The van der Waals surface area contributed by atoms with E-state index in [4.69, 9.17) is 0 Å². The highest BCUT2D eigenvalue weighted by molar-refractivity contribution is 5.90. The first-order chi connectivity index (χ1) is 11.1. The molecule has 0 atom stereocenters. The van der Waals surface area contributed by atoms with Gasteiger partial charge in [0.25, 0.3) is 0 Å². The van der Waals surface area contributed by atoms with Crippen LogP contribution in [0.3, 0.4) is 0 Å². The maximum Gasteiger partial charge on any atom is 0.178 e. The van der Waals surface area contributed by atoms with E-state index in [9.17, 15) is 0 Å². The number of imidazole rings is 1. The van der Waals surface area contributed by atoms with Crippen molar-refractivity contribution in [2.45, 2.75) is 13.8 Å². The quantitative estimate of drug-likeness (QED) is 0.618. The number of aryl methyl sites for hydroxylation is 2. The first kappa shape index (κ1) is 13.6. The minimum Gasteiger partial charge on any atom is -0.343 e. The molecule has 0 spiro atoms. The minimum atomic E-state index is 0.710. The molecular formula is C17H16N6. The third kappa shape index (κ3) is 2.11. The van der Waals surface area contributed by atoms with Gasteiger partial charge < -0.3 is 4.98 Å². The molecule has 0 saturated carbocycles. The second-order valence-corrected chi connectivity index (χ2v) is 5.59. The fraction of sp³-hybridized carbons (Fsp3) is 0.176. The lowest BCUT2D eigenvalue weighted by atomic mass is 10.0. The van der Waals surface area contributed by atoms with Crippen LogP contribution in [-0.4, -0.2) is 29.7 Å². The van der Waals surface area contributed by atoms with Gasteiger partial charge in [-0.1, -0.05) is 0 Å². The van der Waals surface area contributed by atoms with Gasteiger partial charge in [0, 0.05) is 53.6 Å². The van der Waals surface area contributed by atoms with E-state index >= 15 is 0 Å². The van der Waals surface area contributed by atoms with Gasteiger partial charge in [0.1, 0.15) is 0 Å². The summed E-state index contributed by atoms with van der Waals surface area (Å²) in [7, 11) is 1.96. The maximum atomic E-state index is 4.49. The summed E-state index contributed by atoms with van der Waals surface area (Å²) in [6.07, 6.45) is 7.17. The Labute approximate surface area is 133 Å². The molecule has 0 amide bonds. The first-order valence-electron chi connectivity index (χ1n) is 7.39. The Kier molecular flexibility index (Phi) is 2.97. The van der Waals surface area contributed by atoms with Gasteiger partial charge in [-0.3, -0.25) is 9.67 Å². The van der Waals surface area contributed by atoms with Crippen LogP contribution in [0.5, 0.6) is 0 Å². The van der Waals surface area contributed by atoms with Crippen LogP contribution >= 0.6 is 0 Å². The van der Waals surface area contributed by atoms with Crippen LogP contribution < -0.4 is 0 Å². The zero-order valence-electron chi connectivity index (χ0n) is 13.2. The molecular weight excluding hydrogens is 288 g/mol. The summed E-state index contributed by atoms with van der Waals surface area (Å²) in [5, 5.41) is 4.49. The first-order valence-corrected chi connectivity index (χ1v) is 7.39. The number of hydrogen-bond acceptors (Lipinski definition) is 4. The molecule has 6 nitrogen and oxygen atoms in total. The van der Waals surface area contributed by atoms with Gasteiger partial charge in [-0.15, -0.1) is 0 Å². The molecule has 0 fully saturated rings. The number of hydrogen-bond donors (Lipinski definition) is 1. The lowest BCUT2D eigenvalue weighted by Crippen LogP contribution is -1.93. The average Bonchev–Trinajstić information content (AvgIpc) is 3.12. The van der Waals surface area contributed by atoms with Gasteiger partial charge in [-0.2, -0.15) is 5.10 Å². The van der Waals surface area contributed by atoms with Crippen molar-refractivity contribution in [2.24, 2.45) is 7.05 Å². The number of H-pyrrole nitrogens is 1. The van der Waals surface area contributed by atoms with Gasteiger partial charge in [0.05, 0.1) is 17.5 Å². The van der Waals surface area contributed by atoms with Crippen LogP contribution in [0.15, 0.2) is 37.1 Å². The molecule has 0 bridgehead atoms. The average molecular weight is 304 g/mol. The molecule has 114 valence electrons. The largest absolute Gasteiger partial charge is 0.343 e. The molecule has 4 aromatic rings. The lowest BCUT2D eigenvalue weighted by Gasteiger charge is -2.06. The van der Waals surface area contributed by atoms with Gasteiger partial charge in [0.2, 0.25) is 0 Å². The number of fused-ring (bicyclic) bond motifs is 1. The normalized spacial score (nSPS) is 11.3. The summed E-state index contributed by atoms with van der Waals surface area (Å²) in [5.74, 6) is 0. The predicted octanol–water partition coefficient (Wildman–Crippen LogP) is 3.04. The molecule has 0 aliphatic carbocycles. The molecule has 0 radical (unpaired) electrons. The van der Waals surface area contributed by atoms with Gasteiger partial charge in [0.15, 0.2) is 5.65 Å².